The number of Topliss-reactive ketones (excluding diaryl/α,β-unsaturated/α-hetero) is 4. The van der Waals surface area contributed by atoms with E-state index >= 15 is 0 Å². The third-order valence-electron chi connectivity index (χ3n) is 7.83. The van der Waals surface area contributed by atoms with E-state index in [0.29, 0.717) is 18.4 Å². The number of hydrogen-bond acceptors (Lipinski definition) is 4. The van der Waals surface area contributed by atoms with Crippen LogP contribution in [0, 0.1) is 30.1 Å². The minimum Gasteiger partial charge on any atom is -0.299 e. The van der Waals surface area contributed by atoms with Crippen LogP contribution in [-0.2, 0) is 20.8 Å². The van der Waals surface area contributed by atoms with E-state index in [9.17, 15) is 19.2 Å². The molecule has 1 fully saturated rings. The van der Waals surface area contributed by atoms with Gasteiger partial charge in [0.1, 0.15) is 11.7 Å². The van der Waals surface area contributed by atoms with E-state index in [1.54, 1.807) is 0 Å². The van der Waals surface area contributed by atoms with Crippen molar-refractivity contribution >= 4 is 28.7 Å². The van der Waals surface area contributed by atoms with Gasteiger partial charge in [-0.1, -0.05) is 29.9 Å². The summed E-state index contributed by atoms with van der Waals surface area (Å²) in [4.78, 5) is 51.8. The van der Waals surface area contributed by atoms with Crippen LogP contribution < -0.4 is 0 Å². The summed E-state index contributed by atoms with van der Waals surface area (Å²) >= 11 is 0. The quantitative estimate of drug-likeness (QED) is 0.682. The Balaban J connectivity index is 1.92. The van der Waals surface area contributed by atoms with Crippen LogP contribution in [0.3, 0.4) is 0 Å². The first-order valence-electron chi connectivity index (χ1n) is 10.6. The van der Waals surface area contributed by atoms with Crippen molar-refractivity contribution in [3.8, 4) is 0 Å². The number of carbonyl (C=O) groups excluding carboxylic acids is 4. The highest BCUT2D eigenvalue weighted by atomic mass is 16.2. The van der Waals surface area contributed by atoms with Crippen LogP contribution in [0.15, 0.2) is 29.9 Å². The van der Waals surface area contributed by atoms with E-state index in [1.165, 1.54) is 6.92 Å². The minimum atomic E-state index is -1.19. The Bertz CT molecular complexity index is 1090. The van der Waals surface area contributed by atoms with Gasteiger partial charge in [0.2, 0.25) is 0 Å². The van der Waals surface area contributed by atoms with Gasteiger partial charge in [0.15, 0.2) is 17.3 Å². The third-order valence-corrected chi connectivity index (χ3v) is 7.83. The van der Waals surface area contributed by atoms with Crippen molar-refractivity contribution in [2.75, 3.05) is 0 Å². The molecule has 0 N–H and O–H groups in total. The summed E-state index contributed by atoms with van der Waals surface area (Å²) in [5.74, 6) is -2.39. The zero-order valence-electron chi connectivity index (χ0n) is 18.3. The molecule has 3 aliphatic rings. The maximum absolute atomic E-state index is 13.7. The largest absolute Gasteiger partial charge is 0.299 e. The number of hydrogen-bond donors (Lipinski definition) is 0. The molecule has 0 amide bonds. The van der Waals surface area contributed by atoms with Crippen LogP contribution in [-0.4, -0.2) is 23.1 Å². The number of fused-ring (bicyclic) bond motifs is 3. The number of rotatable bonds is 2. The van der Waals surface area contributed by atoms with Crippen LogP contribution >= 0.6 is 0 Å². The number of allylic oxidation sites excluding steroid dienone is 3. The van der Waals surface area contributed by atoms with Gasteiger partial charge in [-0.3, -0.25) is 19.2 Å². The molecule has 0 aromatic heterocycles. The molecule has 1 aromatic carbocycles. The second kappa shape index (κ2) is 6.69. The fourth-order valence-corrected chi connectivity index (χ4v) is 6.10. The van der Waals surface area contributed by atoms with E-state index in [0.717, 1.165) is 33.4 Å². The number of ketones is 4. The normalized spacial score (nSPS) is 30.6. The summed E-state index contributed by atoms with van der Waals surface area (Å²) in [6, 6.07) is 3.99. The van der Waals surface area contributed by atoms with E-state index in [4.69, 9.17) is 0 Å². The van der Waals surface area contributed by atoms with Gasteiger partial charge in [0.05, 0.1) is 5.41 Å². The molecule has 0 radical (unpaired) electrons. The molecule has 30 heavy (non-hydrogen) atoms. The summed E-state index contributed by atoms with van der Waals surface area (Å²) in [7, 11) is 0. The molecule has 1 saturated carbocycles. The van der Waals surface area contributed by atoms with Gasteiger partial charge in [0.25, 0.3) is 0 Å². The van der Waals surface area contributed by atoms with Crippen molar-refractivity contribution in [3.63, 3.8) is 0 Å². The van der Waals surface area contributed by atoms with Crippen LogP contribution in [0.25, 0.3) is 5.57 Å². The van der Waals surface area contributed by atoms with Crippen molar-refractivity contribution < 1.29 is 19.2 Å². The maximum atomic E-state index is 13.7. The van der Waals surface area contributed by atoms with Crippen LogP contribution in [0.4, 0.5) is 0 Å². The monoisotopic (exact) mass is 404 g/mol. The summed E-state index contributed by atoms with van der Waals surface area (Å²) < 4.78 is 0. The highest BCUT2D eigenvalue weighted by Gasteiger charge is 2.58. The highest BCUT2D eigenvalue weighted by molar-refractivity contribution is 6.23. The molecular formula is C26H28O4. The lowest BCUT2D eigenvalue weighted by atomic mass is 9.51. The average molecular weight is 405 g/mol. The lowest BCUT2D eigenvalue weighted by molar-refractivity contribution is -0.150. The summed E-state index contributed by atoms with van der Waals surface area (Å²) in [5, 5.41) is 0. The first kappa shape index (κ1) is 20.6. The molecule has 4 atom stereocenters. The number of benzene rings is 1. The standard InChI is InChI=1S/C26H28O4/c1-12(2)18-8-7-13(3)21-19(18)10-16-9-17-11-20(28)23(15(5)27)25(30)26(17,6)14(4)22(16)24(21)29/h7-8,16-17,23H,1,9-11H2,2-6H3. The van der Waals surface area contributed by atoms with Crippen LogP contribution in [0.1, 0.15) is 67.6 Å². The summed E-state index contributed by atoms with van der Waals surface area (Å²) in [6.07, 6.45) is 1.54. The molecule has 4 heteroatoms. The van der Waals surface area contributed by atoms with E-state index in [2.05, 4.69) is 6.58 Å². The number of aryl methyl sites for hydroxylation is 1. The van der Waals surface area contributed by atoms with Crippen molar-refractivity contribution in [2.24, 2.45) is 23.2 Å². The van der Waals surface area contributed by atoms with Gasteiger partial charge in [-0.2, -0.15) is 0 Å². The lowest BCUT2D eigenvalue weighted by Crippen LogP contribution is -2.54. The first-order chi connectivity index (χ1) is 14.0. The lowest BCUT2D eigenvalue weighted by Gasteiger charge is -2.50. The molecule has 0 spiro atoms. The SMILES string of the molecule is C=C(C)c1ccc(C)c2c1CC1CC3CC(=O)C(C(C)=O)C(=O)C3(C)C(C)=C1C2=O. The molecule has 1 aromatic rings. The highest BCUT2D eigenvalue weighted by Crippen LogP contribution is 2.55. The third kappa shape index (κ3) is 2.59. The van der Waals surface area contributed by atoms with Crippen molar-refractivity contribution in [1.29, 1.82) is 0 Å². The predicted molar refractivity (Wildman–Crippen MR) is 115 cm³/mol. The van der Waals surface area contributed by atoms with Gasteiger partial charge < -0.3 is 0 Å². The Morgan fingerprint density at radius 2 is 1.77 bits per heavy atom. The Hall–Kier alpha value is -2.62. The average Bonchev–Trinajstić information content (AvgIpc) is 2.64. The fraction of sp³-hybridized carbons (Fsp3) is 0.462. The molecule has 4 nitrogen and oxygen atoms in total. The molecule has 4 rings (SSSR count). The second-order valence-electron chi connectivity index (χ2n) is 9.55. The van der Waals surface area contributed by atoms with Gasteiger partial charge in [-0.05, 0) is 76.0 Å². The van der Waals surface area contributed by atoms with Gasteiger partial charge in [-0.15, -0.1) is 0 Å². The predicted octanol–water partition coefficient (Wildman–Crippen LogP) is 4.47. The van der Waals surface area contributed by atoms with Crippen molar-refractivity contribution in [1.82, 2.24) is 0 Å². The number of carbonyl (C=O) groups is 4. The Kier molecular flexibility index (Phi) is 4.61. The first-order valence-corrected chi connectivity index (χ1v) is 10.6. The molecule has 0 saturated heterocycles. The minimum absolute atomic E-state index is 0.0110. The van der Waals surface area contributed by atoms with Crippen molar-refractivity contribution in [2.45, 2.75) is 53.9 Å². The molecule has 0 bridgehead atoms. The maximum Gasteiger partial charge on any atom is 0.189 e. The van der Waals surface area contributed by atoms with Gasteiger partial charge in [-0.25, -0.2) is 0 Å². The Morgan fingerprint density at radius 3 is 2.37 bits per heavy atom. The molecule has 0 aliphatic heterocycles. The van der Waals surface area contributed by atoms with E-state index in [-0.39, 0.29) is 35.6 Å². The Labute approximate surface area is 177 Å². The topological polar surface area (TPSA) is 68.3 Å². The van der Waals surface area contributed by atoms with Crippen LogP contribution in [0.5, 0.6) is 0 Å². The van der Waals surface area contributed by atoms with Gasteiger partial charge in [0, 0.05) is 17.6 Å². The second-order valence-corrected chi connectivity index (χ2v) is 9.55. The van der Waals surface area contributed by atoms with Crippen LogP contribution in [0.2, 0.25) is 0 Å². The molecule has 4 unspecified atom stereocenters. The molecule has 156 valence electrons. The summed E-state index contributed by atoms with van der Waals surface area (Å²) in [6.45, 7) is 13.0. The van der Waals surface area contributed by atoms with E-state index < -0.39 is 17.1 Å². The van der Waals surface area contributed by atoms with Crippen molar-refractivity contribution in [3.05, 3.63) is 52.1 Å². The van der Waals surface area contributed by atoms with Gasteiger partial charge >= 0.3 is 0 Å². The zero-order valence-corrected chi connectivity index (χ0v) is 18.3. The molecular weight excluding hydrogens is 376 g/mol. The zero-order chi connectivity index (χ0) is 22.1. The Morgan fingerprint density at radius 1 is 1.10 bits per heavy atom. The smallest absolute Gasteiger partial charge is 0.189 e. The summed E-state index contributed by atoms with van der Waals surface area (Å²) in [5.41, 5.74) is 5.16. The molecule has 0 heterocycles. The molecule has 3 aliphatic carbocycles. The fourth-order valence-electron chi connectivity index (χ4n) is 6.10. The van der Waals surface area contributed by atoms with E-state index in [1.807, 2.05) is 39.8 Å².